The summed E-state index contributed by atoms with van der Waals surface area (Å²) in [5.41, 5.74) is 8.84. The Morgan fingerprint density at radius 1 is 0.333 bits per heavy atom. The maximum atomic E-state index is 6.72. The van der Waals surface area contributed by atoms with Crippen molar-refractivity contribution < 1.29 is 4.42 Å². The molecule has 0 radical (unpaired) electrons. The number of fused-ring (bicyclic) bond motifs is 7. The number of rotatable bonds is 5. The van der Waals surface area contributed by atoms with Crippen LogP contribution in [0.1, 0.15) is 0 Å². The molecule has 4 heteroatoms. The molecule has 0 aliphatic carbocycles. The van der Waals surface area contributed by atoms with E-state index in [0.717, 1.165) is 71.7 Å². The normalized spacial score (nSPS) is 11.5. The minimum atomic E-state index is 0.594. The van der Waals surface area contributed by atoms with Gasteiger partial charge in [-0.1, -0.05) is 146 Å². The van der Waals surface area contributed by atoms with E-state index in [2.05, 4.69) is 121 Å². The van der Waals surface area contributed by atoms with Crippen LogP contribution in [0, 0.1) is 0 Å². The maximum absolute atomic E-state index is 6.72. The van der Waals surface area contributed by atoms with Crippen LogP contribution in [-0.4, -0.2) is 15.0 Å². The summed E-state index contributed by atoms with van der Waals surface area (Å²) >= 11 is 0. The Morgan fingerprint density at radius 2 is 0.882 bits per heavy atom. The quantitative estimate of drug-likeness (QED) is 0.174. The molecule has 0 bridgehead atoms. The molecule has 0 unspecified atom stereocenters. The van der Waals surface area contributed by atoms with Crippen LogP contribution in [-0.2, 0) is 0 Å². The number of hydrogen-bond acceptors (Lipinski definition) is 4. The number of nitrogens with zero attached hydrogens (tertiary/aromatic N) is 3. The van der Waals surface area contributed by atoms with Gasteiger partial charge in [0.2, 0.25) is 0 Å². The Hall–Kier alpha value is -6.91. The van der Waals surface area contributed by atoms with E-state index in [4.69, 9.17) is 19.4 Å². The van der Waals surface area contributed by atoms with E-state index in [9.17, 15) is 0 Å². The molecule has 0 aliphatic heterocycles. The Balaban J connectivity index is 1.24. The third kappa shape index (κ3) is 5.04. The molecule has 2 heterocycles. The molecular formula is C47H29N3O. The molecule has 0 N–H and O–H groups in total. The average molecular weight is 652 g/mol. The standard InChI is InChI=1S/C47H29N3O/c1-4-13-30(14-5-1)35-27-36(31-15-6-2-7-16-31)29-37(28-35)46-48-45(34-18-8-3-9-19-34)49-47(50-46)40-21-12-22-41-43(40)39-26-25-33-24-23-32-17-10-11-20-38(32)42(33)44(39)51-41/h1-29H. The SMILES string of the molecule is c1ccc(-c2cc(-c3ccccc3)cc(-c3nc(-c4ccccc4)nc(-c4cccc5oc6c(ccc7ccc8ccccc8c76)c45)n3)c2)cc1. The fourth-order valence-electron chi connectivity index (χ4n) is 7.25. The Labute approximate surface area is 294 Å². The lowest BCUT2D eigenvalue weighted by atomic mass is 9.95. The zero-order valence-corrected chi connectivity index (χ0v) is 27.5. The molecule has 0 amide bonds. The fraction of sp³-hybridized carbons (Fsp3) is 0. The van der Waals surface area contributed by atoms with Crippen molar-refractivity contribution in [1.29, 1.82) is 0 Å². The third-order valence-electron chi connectivity index (χ3n) is 9.68. The number of benzene rings is 8. The van der Waals surface area contributed by atoms with E-state index in [1.54, 1.807) is 0 Å². The van der Waals surface area contributed by atoms with Crippen molar-refractivity contribution in [1.82, 2.24) is 15.0 Å². The van der Waals surface area contributed by atoms with Gasteiger partial charge in [-0.05, 0) is 68.7 Å². The largest absolute Gasteiger partial charge is 0.455 e. The Kier molecular flexibility index (Phi) is 6.78. The second kappa shape index (κ2) is 11.9. The first-order chi connectivity index (χ1) is 25.3. The molecule has 51 heavy (non-hydrogen) atoms. The van der Waals surface area contributed by atoms with Crippen LogP contribution >= 0.6 is 0 Å². The summed E-state index contributed by atoms with van der Waals surface area (Å²) in [6.07, 6.45) is 0. The van der Waals surface area contributed by atoms with Gasteiger partial charge in [0.05, 0.1) is 0 Å². The topological polar surface area (TPSA) is 51.8 Å². The van der Waals surface area contributed by atoms with Crippen LogP contribution in [0.3, 0.4) is 0 Å². The number of furan rings is 1. The number of hydrogen-bond donors (Lipinski definition) is 0. The molecule has 0 spiro atoms. The first-order valence-corrected chi connectivity index (χ1v) is 17.1. The van der Waals surface area contributed by atoms with Crippen molar-refractivity contribution in [3.63, 3.8) is 0 Å². The highest BCUT2D eigenvalue weighted by molar-refractivity contribution is 6.24. The van der Waals surface area contributed by atoms with E-state index in [0.29, 0.717) is 17.5 Å². The first-order valence-electron chi connectivity index (χ1n) is 17.1. The van der Waals surface area contributed by atoms with Crippen LogP contribution in [0.5, 0.6) is 0 Å². The second-order valence-corrected chi connectivity index (χ2v) is 12.8. The van der Waals surface area contributed by atoms with E-state index >= 15 is 0 Å². The predicted molar refractivity (Wildman–Crippen MR) is 209 cm³/mol. The summed E-state index contributed by atoms with van der Waals surface area (Å²) < 4.78 is 6.72. The summed E-state index contributed by atoms with van der Waals surface area (Å²) in [4.78, 5) is 15.5. The van der Waals surface area contributed by atoms with Crippen molar-refractivity contribution in [3.8, 4) is 56.4 Å². The lowest BCUT2D eigenvalue weighted by Gasteiger charge is -2.13. The third-order valence-corrected chi connectivity index (χ3v) is 9.68. The summed E-state index contributed by atoms with van der Waals surface area (Å²) in [6.45, 7) is 0. The van der Waals surface area contributed by atoms with Crippen LogP contribution < -0.4 is 0 Å². The van der Waals surface area contributed by atoms with Gasteiger partial charge >= 0.3 is 0 Å². The molecule has 0 fully saturated rings. The fourth-order valence-corrected chi connectivity index (χ4v) is 7.25. The van der Waals surface area contributed by atoms with Crippen LogP contribution in [0.4, 0.5) is 0 Å². The number of aromatic nitrogens is 3. The molecule has 0 atom stereocenters. The minimum absolute atomic E-state index is 0.594. The van der Waals surface area contributed by atoms with E-state index in [1.165, 1.54) is 10.8 Å². The molecule has 238 valence electrons. The van der Waals surface area contributed by atoms with Crippen molar-refractivity contribution in [2.24, 2.45) is 0 Å². The van der Waals surface area contributed by atoms with Gasteiger partial charge in [-0.3, -0.25) is 0 Å². The monoisotopic (exact) mass is 651 g/mol. The Morgan fingerprint density at radius 3 is 1.59 bits per heavy atom. The van der Waals surface area contributed by atoms with Crippen molar-refractivity contribution >= 4 is 43.5 Å². The van der Waals surface area contributed by atoms with Crippen LogP contribution in [0.25, 0.3) is 99.9 Å². The molecule has 2 aromatic heterocycles. The smallest absolute Gasteiger partial charge is 0.164 e. The molecule has 0 aliphatic rings. The van der Waals surface area contributed by atoms with Gasteiger partial charge in [0.1, 0.15) is 11.2 Å². The maximum Gasteiger partial charge on any atom is 0.164 e. The van der Waals surface area contributed by atoms with Gasteiger partial charge < -0.3 is 4.42 Å². The van der Waals surface area contributed by atoms with Crippen LogP contribution in [0.15, 0.2) is 180 Å². The van der Waals surface area contributed by atoms with Gasteiger partial charge in [-0.2, -0.15) is 0 Å². The van der Waals surface area contributed by atoms with E-state index in [1.807, 2.05) is 54.6 Å². The van der Waals surface area contributed by atoms with Gasteiger partial charge in [0.25, 0.3) is 0 Å². The second-order valence-electron chi connectivity index (χ2n) is 12.8. The van der Waals surface area contributed by atoms with Crippen molar-refractivity contribution in [2.75, 3.05) is 0 Å². The lowest BCUT2D eigenvalue weighted by molar-refractivity contribution is 0.673. The molecule has 10 rings (SSSR count). The van der Waals surface area contributed by atoms with E-state index in [-0.39, 0.29) is 0 Å². The summed E-state index contributed by atoms with van der Waals surface area (Å²) in [6, 6.07) is 61.0. The average Bonchev–Trinajstić information content (AvgIpc) is 3.60. The van der Waals surface area contributed by atoms with Gasteiger partial charge in [0, 0.05) is 32.8 Å². The van der Waals surface area contributed by atoms with Gasteiger partial charge in [-0.25, -0.2) is 15.0 Å². The Bertz CT molecular complexity index is 2840. The zero-order chi connectivity index (χ0) is 33.7. The highest BCUT2D eigenvalue weighted by Gasteiger charge is 2.20. The molecule has 10 aromatic rings. The molecular weight excluding hydrogens is 623 g/mol. The van der Waals surface area contributed by atoms with Crippen LogP contribution in [0.2, 0.25) is 0 Å². The van der Waals surface area contributed by atoms with Crippen molar-refractivity contribution in [2.45, 2.75) is 0 Å². The minimum Gasteiger partial charge on any atom is -0.455 e. The molecule has 0 saturated carbocycles. The summed E-state index contributed by atoms with van der Waals surface area (Å²) in [5, 5.41) is 6.62. The predicted octanol–water partition coefficient (Wildman–Crippen LogP) is 12.4. The van der Waals surface area contributed by atoms with E-state index < -0.39 is 0 Å². The highest BCUT2D eigenvalue weighted by atomic mass is 16.3. The van der Waals surface area contributed by atoms with Gasteiger partial charge in [0.15, 0.2) is 17.5 Å². The summed E-state index contributed by atoms with van der Waals surface area (Å²) in [7, 11) is 0. The highest BCUT2D eigenvalue weighted by Crippen LogP contribution is 2.41. The lowest BCUT2D eigenvalue weighted by Crippen LogP contribution is -2.01. The molecule has 4 nitrogen and oxygen atoms in total. The zero-order valence-electron chi connectivity index (χ0n) is 27.5. The molecule has 0 saturated heterocycles. The first kappa shape index (κ1) is 29.0. The summed E-state index contributed by atoms with van der Waals surface area (Å²) in [5.74, 6) is 1.81. The molecule has 8 aromatic carbocycles. The van der Waals surface area contributed by atoms with Crippen molar-refractivity contribution in [3.05, 3.63) is 176 Å². The van der Waals surface area contributed by atoms with Gasteiger partial charge in [-0.15, -0.1) is 0 Å².